The molecule has 3 aromatic heterocycles. The van der Waals surface area contributed by atoms with Crippen molar-refractivity contribution < 1.29 is 8.42 Å². The summed E-state index contributed by atoms with van der Waals surface area (Å²) in [4.78, 5) is 9.40. The summed E-state index contributed by atoms with van der Waals surface area (Å²) in [7, 11) is -2.04. The van der Waals surface area contributed by atoms with E-state index in [4.69, 9.17) is 5.14 Å². The fraction of sp³-hybridized carbons (Fsp3) is 0.312. The van der Waals surface area contributed by atoms with E-state index in [9.17, 15) is 8.42 Å². The lowest BCUT2D eigenvalue weighted by Crippen LogP contribution is -2.01. The highest BCUT2D eigenvalue weighted by Crippen LogP contribution is 2.40. The number of rotatable bonds is 5. The Morgan fingerprint density at radius 1 is 1.35 bits per heavy atom. The molecule has 1 saturated carbocycles. The molecule has 135 valence electrons. The van der Waals surface area contributed by atoms with Gasteiger partial charge in [0.1, 0.15) is 10.0 Å². The highest BCUT2D eigenvalue weighted by Gasteiger charge is 2.27. The van der Waals surface area contributed by atoms with Crippen molar-refractivity contribution in [1.29, 1.82) is 0 Å². The van der Waals surface area contributed by atoms with Gasteiger partial charge in [0.2, 0.25) is 0 Å². The van der Waals surface area contributed by atoms with Crippen molar-refractivity contribution in [3.63, 3.8) is 0 Å². The Morgan fingerprint density at radius 3 is 2.77 bits per heavy atom. The normalized spacial score (nSPS) is 14.6. The number of sulfonamides is 1. The van der Waals surface area contributed by atoms with Crippen LogP contribution in [0.25, 0.3) is 10.7 Å². The first kappa shape index (κ1) is 17.1. The van der Waals surface area contributed by atoms with Crippen molar-refractivity contribution >= 4 is 33.0 Å². The Kier molecular flexibility index (Phi) is 4.05. The van der Waals surface area contributed by atoms with E-state index in [2.05, 4.69) is 20.4 Å². The lowest BCUT2D eigenvalue weighted by Gasteiger charge is -2.07. The van der Waals surface area contributed by atoms with Crippen LogP contribution in [0.15, 0.2) is 28.6 Å². The first-order valence-corrected chi connectivity index (χ1v) is 10.4. The third-order valence-corrected chi connectivity index (χ3v) is 6.65. The van der Waals surface area contributed by atoms with E-state index in [1.54, 1.807) is 12.3 Å². The SMILES string of the molecule is Cc1cnc(-c2ccc(S([NH])(=O)=O)s2)nc1Nc1cc(C2CC2)n(C)n1. The van der Waals surface area contributed by atoms with E-state index in [1.165, 1.54) is 24.6 Å². The predicted octanol–water partition coefficient (Wildman–Crippen LogP) is 2.84. The fourth-order valence-electron chi connectivity index (χ4n) is 2.70. The summed E-state index contributed by atoms with van der Waals surface area (Å²) in [5.74, 6) is 2.36. The molecule has 8 nitrogen and oxygen atoms in total. The molecule has 0 aliphatic heterocycles. The molecule has 3 heterocycles. The molecule has 10 heteroatoms. The van der Waals surface area contributed by atoms with Gasteiger partial charge in [0.05, 0.1) is 4.88 Å². The Morgan fingerprint density at radius 2 is 2.12 bits per heavy atom. The molecular weight excluding hydrogens is 372 g/mol. The van der Waals surface area contributed by atoms with Gasteiger partial charge in [-0.15, -0.1) is 16.5 Å². The van der Waals surface area contributed by atoms with Crippen molar-refractivity contribution in [2.24, 2.45) is 7.05 Å². The van der Waals surface area contributed by atoms with Crippen LogP contribution in [0.3, 0.4) is 0 Å². The minimum absolute atomic E-state index is 0.0232. The molecule has 26 heavy (non-hydrogen) atoms. The van der Waals surface area contributed by atoms with Crippen molar-refractivity contribution in [3.05, 3.63) is 35.7 Å². The van der Waals surface area contributed by atoms with Gasteiger partial charge in [-0.3, -0.25) is 4.68 Å². The predicted molar refractivity (Wildman–Crippen MR) is 98.8 cm³/mol. The summed E-state index contributed by atoms with van der Waals surface area (Å²) < 4.78 is 24.6. The number of nitrogens with zero attached hydrogens (tertiary/aromatic N) is 4. The first-order chi connectivity index (χ1) is 12.3. The van der Waals surface area contributed by atoms with E-state index < -0.39 is 10.0 Å². The molecule has 0 spiro atoms. The number of hydrogen-bond acceptors (Lipinski definition) is 7. The van der Waals surface area contributed by atoms with E-state index in [-0.39, 0.29) is 4.21 Å². The molecule has 0 amide bonds. The van der Waals surface area contributed by atoms with Crippen LogP contribution in [-0.4, -0.2) is 28.2 Å². The molecule has 0 saturated heterocycles. The second-order valence-electron chi connectivity index (χ2n) is 6.32. The van der Waals surface area contributed by atoms with Gasteiger partial charge in [-0.25, -0.2) is 18.4 Å². The molecular formula is C16H17N6O2S2. The highest BCUT2D eigenvalue weighted by atomic mass is 32.2. The molecule has 2 N–H and O–H groups in total. The summed E-state index contributed by atoms with van der Waals surface area (Å²) in [5, 5.41) is 14.9. The van der Waals surface area contributed by atoms with Crippen molar-refractivity contribution in [2.75, 3.05) is 5.32 Å². The summed E-state index contributed by atoms with van der Waals surface area (Å²) in [6, 6.07) is 5.06. The van der Waals surface area contributed by atoms with E-state index in [0.717, 1.165) is 22.7 Å². The van der Waals surface area contributed by atoms with E-state index >= 15 is 0 Å². The highest BCUT2D eigenvalue weighted by molar-refractivity contribution is 7.91. The quantitative estimate of drug-likeness (QED) is 0.718. The second kappa shape index (κ2) is 6.15. The van der Waals surface area contributed by atoms with Crippen LogP contribution in [0.4, 0.5) is 11.6 Å². The topological polar surface area (TPSA) is 114 Å². The Labute approximate surface area is 155 Å². The van der Waals surface area contributed by atoms with E-state index in [0.29, 0.717) is 22.4 Å². The lowest BCUT2D eigenvalue weighted by atomic mass is 10.3. The van der Waals surface area contributed by atoms with Crippen molar-refractivity contribution in [1.82, 2.24) is 24.9 Å². The number of hydrogen-bond donors (Lipinski definition) is 1. The fourth-order valence-corrected chi connectivity index (χ4v) is 4.33. The average molecular weight is 389 g/mol. The Bertz CT molecular complexity index is 1080. The maximum Gasteiger partial charge on any atom is 0.263 e. The number of nitrogens with one attached hydrogen (secondary N) is 2. The molecule has 0 aromatic carbocycles. The van der Waals surface area contributed by atoms with Crippen LogP contribution in [0, 0.1) is 6.92 Å². The molecule has 1 aliphatic rings. The third kappa shape index (κ3) is 3.35. The lowest BCUT2D eigenvalue weighted by molar-refractivity contribution is 0.598. The number of aryl methyl sites for hydroxylation is 2. The van der Waals surface area contributed by atoms with Crippen LogP contribution < -0.4 is 10.5 Å². The summed E-state index contributed by atoms with van der Waals surface area (Å²) in [6.07, 6.45) is 4.09. The zero-order chi connectivity index (χ0) is 18.5. The average Bonchev–Trinajstić information content (AvgIpc) is 3.14. The van der Waals surface area contributed by atoms with Gasteiger partial charge < -0.3 is 5.32 Å². The maximum absolute atomic E-state index is 11.3. The second-order valence-corrected chi connectivity index (χ2v) is 9.11. The zero-order valence-corrected chi connectivity index (χ0v) is 15.9. The molecule has 0 bridgehead atoms. The molecule has 1 fully saturated rings. The molecule has 4 rings (SSSR count). The number of thiophene rings is 1. The molecule has 1 aliphatic carbocycles. The zero-order valence-electron chi connectivity index (χ0n) is 14.2. The maximum atomic E-state index is 11.3. The molecule has 3 aromatic rings. The molecule has 0 unspecified atom stereocenters. The minimum Gasteiger partial charge on any atom is -0.323 e. The van der Waals surface area contributed by atoms with Crippen LogP contribution in [-0.2, 0) is 17.1 Å². The monoisotopic (exact) mass is 389 g/mol. The van der Waals surface area contributed by atoms with Crippen LogP contribution in [0.2, 0.25) is 0 Å². The summed E-state index contributed by atoms with van der Waals surface area (Å²) in [5.41, 5.74) is 2.07. The molecule has 0 atom stereocenters. The minimum atomic E-state index is -3.98. The van der Waals surface area contributed by atoms with Gasteiger partial charge in [0.25, 0.3) is 10.0 Å². The Hall–Kier alpha value is -2.30. The van der Waals surface area contributed by atoms with Crippen LogP contribution >= 0.6 is 11.3 Å². The van der Waals surface area contributed by atoms with E-state index in [1.807, 2.05) is 24.7 Å². The molecule has 1 radical (unpaired) electrons. The number of anilines is 2. The van der Waals surface area contributed by atoms with Crippen molar-refractivity contribution in [3.8, 4) is 10.7 Å². The number of aromatic nitrogens is 4. The van der Waals surface area contributed by atoms with Gasteiger partial charge in [0.15, 0.2) is 11.6 Å². The van der Waals surface area contributed by atoms with Gasteiger partial charge >= 0.3 is 0 Å². The van der Waals surface area contributed by atoms with Gasteiger partial charge in [-0.2, -0.15) is 5.10 Å². The summed E-state index contributed by atoms with van der Waals surface area (Å²) >= 11 is 0.985. The largest absolute Gasteiger partial charge is 0.323 e. The van der Waals surface area contributed by atoms with Gasteiger partial charge in [-0.1, -0.05) is 0 Å². The van der Waals surface area contributed by atoms with Gasteiger partial charge in [0, 0.05) is 36.5 Å². The smallest absolute Gasteiger partial charge is 0.263 e. The first-order valence-electron chi connectivity index (χ1n) is 8.06. The van der Waals surface area contributed by atoms with Crippen molar-refractivity contribution in [2.45, 2.75) is 29.9 Å². The Balaban J connectivity index is 1.64. The van der Waals surface area contributed by atoms with Crippen LogP contribution in [0.1, 0.15) is 30.0 Å². The van der Waals surface area contributed by atoms with Crippen LogP contribution in [0.5, 0.6) is 0 Å². The van der Waals surface area contributed by atoms with Gasteiger partial charge in [-0.05, 0) is 31.9 Å². The third-order valence-electron chi connectivity index (χ3n) is 4.20. The standard InChI is InChI=1S/C16H17N6O2S2/c1-9-8-18-16(12-5-6-14(25-12)26(17,23)24)20-15(9)19-13-7-11(10-3-4-10)22(2)21-13/h5-8,10,17H,3-4H2,1-2H3,(H,18,19,20,21). The summed E-state index contributed by atoms with van der Waals surface area (Å²) in [6.45, 7) is 1.89.